The molecule has 2 aliphatic carbocycles. The molecule has 2 aliphatic heterocycles. The molecule has 3 fully saturated rings. The third kappa shape index (κ3) is 2.67. The molecule has 8 heteroatoms. The molecule has 1 aromatic heterocycles. The average Bonchev–Trinajstić information content (AvgIpc) is 3.56. The van der Waals surface area contributed by atoms with Crippen molar-refractivity contribution in [2.24, 2.45) is 34.7 Å². The van der Waals surface area contributed by atoms with Gasteiger partial charge in [0.05, 0.1) is 24.1 Å². The van der Waals surface area contributed by atoms with E-state index in [9.17, 15) is 9.59 Å². The predicted molar refractivity (Wildman–Crippen MR) is 111 cm³/mol. The van der Waals surface area contributed by atoms with Crippen LogP contribution in [0.2, 0.25) is 0 Å². The predicted octanol–water partition coefficient (Wildman–Crippen LogP) is 2.15. The fourth-order valence-electron chi connectivity index (χ4n) is 6.09. The Labute approximate surface area is 184 Å². The van der Waals surface area contributed by atoms with Gasteiger partial charge in [-0.3, -0.25) is 19.5 Å². The van der Waals surface area contributed by atoms with Crippen molar-refractivity contribution in [1.29, 1.82) is 5.26 Å². The van der Waals surface area contributed by atoms with Crippen molar-refractivity contribution >= 4 is 17.5 Å². The smallest absolute Gasteiger partial charge is 0.233 e. The van der Waals surface area contributed by atoms with Crippen LogP contribution in [0.1, 0.15) is 17.5 Å². The largest absolute Gasteiger partial charge is 0.479 e. The van der Waals surface area contributed by atoms with E-state index in [-0.39, 0.29) is 60.7 Å². The molecule has 32 heavy (non-hydrogen) atoms. The van der Waals surface area contributed by atoms with E-state index < -0.39 is 0 Å². The fraction of sp³-hybridized carbons (Fsp3) is 0.375. The number of nitriles is 1. The van der Waals surface area contributed by atoms with Crippen molar-refractivity contribution < 1.29 is 19.2 Å². The maximum Gasteiger partial charge on any atom is 0.233 e. The van der Waals surface area contributed by atoms with E-state index in [1.54, 1.807) is 24.5 Å². The van der Waals surface area contributed by atoms with Crippen LogP contribution in [0.25, 0.3) is 0 Å². The van der Waals surface area contributed by atoms with Gasteiger partial charge in [0, 0.05) is 29.8 Å². The second kappa shape index (κ2) is 7.16. The fourth-order valence-corrected chi connectivity index (χ4v) is 6.09. The monoisotopic (exact) mass is 428 g/mol. The van der Waals surface area contributed by atoms with Crippen molar-refractivity contribution in [2.45, 2.75) is 19.1 Å². The molecule has 2 amide bonds. The quantitative estimate of drug-likeness (QED) is 0.676. The number of rotatable bonds is 5. The van der Waals surface area contributed by atoms with Crippen LogP contribution in [0.5, 0.6) is 5.75 Å². The van der Waals surface area contributed by atoms with Gasteiger partial charge in [0.1, 0.15) is 17.9 Å². The Kier molecular flexibility index (Phi) is 4.25. The molecule has 3 heterocycles. The lowest BCUT2D eigenvalue weighted by molar-refractivity contribution is -0.141. The van der Waals surface area contributed by atoms with Crippen molar-refractivity contribution in [3.63, 3.8) is 0 Å². The van der Waals surface area contributed by atoms with Crippen LogP contribution in [0.15, 0.2) is 53.9 Å². The summed E-state index contributed by atoms with van der Waals surface area (Å²) in [6, 6.07) is 13.0. The molecule has 2 aromatic rings. The van der Waals surface area contributed by atoms with E-state index in [0.29, 0.717) is 5.75 Å². The Morgan fingerprint density at radius 3 is 2.59 bits per heavy atom. The molecule has 6 atom stereocenters. The van der Waals surface area contributed by atoms with Crippen LogP contribution in [0.3, 0.4) is 0 Å². The highest BCUT2D eigenvalue weighted by molar-refractivity contribution is 6.08. The summed E-state index contributed by atoms with van der Waals surface area (Å²) in [5.41, 5.74) is 2.59. The third-order valence-electron chi connectivity index (χ3n) is 7.30. The molecular formula is C24H20N4O4. The van der Waals surface area contributed by atoms with Gasteiger partial charge in [-0.1, -0.05) is 11.2 Å². The summed E-state index contributed by atoms with van der Waals surface area (Å²) in [6.45, 7) is 0.256. The summed E-state index contributed by atoms with van der Waals surface area (Å²) in [4.78, 5) is 37.9. The number of imide groups is 1. The minimum atomic E-state index is -0.318. The summed E-state index contributed by atoms with van der Waals surface area (Å²) in [7, 11) is 0. The van der Waals surface area contributed by atoms with E-state index in [1.165, 1.54) is 4.90 Å². The van der Waals surface area contributed by atoms with E-state index in [1.807, 2.05) is 30.3 Å². The van der Waals surface area contributed by atoms with Gasteiger partial charge in [0.15, 0.2) is 6.61 Å². The summed E-state index contributed by atoms with van der Waals surface area (Å²) in [6.07, 6.45) is 4.01. The van der Waals surface area contributed by atoms with Gasteiger partial charge in [-0.25, -0.2) is 0 Å². The number of hydrogen-bond donors (Lipinski definition) is 0. The van der Waals surface area contributed by atoms with Crippen LogP contribution in [0.4, 0.5) is 0 Å². The minimum absolute atomic E-state index is 0.00205. The molecular weight excluding hydrogens is 408 g/mol. The molecule has 8 nitrogen and oxygen atoms in total. The third-order valence-corrected chi connectivity index (χ3v) is 7.30. The maximum absolute atomic E-state index is 13.3. The van der Waals surface area contributed by atoms with Gasteiger partial charge in [0.25, 0.3) is 0 Å². The van der Waals surface area contributed by atoms with Crippen LogP contribution < -0.4 is 4.74 Å². The van der Waals surface area contributed by atoms with Crippen LogP contribution in [-0.2, 0) is 21.0 Å². The number of aromatic nitrogens is 1. The average molecular weight is 428 g/mol. The lowest BCUT2D eigenvalue weighted by atomic mass is 9.71. The van der Waals surface area contributed by atoms with Crippen LogP contribution in [-0.4, -0.2) is 40.1 Å². The zero-order chi connectivity index (χ0) is 21.8. The first-order valence-electron chi connectivity index (χ1n) is 10.8. The molecule has 4 aliphatic rings. The standard InChI is InChI=1S/C24H20N4O4/c25-7-9-31-15-5-3-14(4-6-15)21-20-16-10-17(22(20)32-27-21)19-18(16)23(29)28(24(19)30)12-13-2-1-8-26-11-13/h1-6,8,11,16-20,22H,9-10,12H2. The molecule has 0 spiro atoms. The normalized spacial score (nSPS) is 31.7. The Balaban J connectivity index is 1.24. The van der Waals surface area contributed by atoms with Gasteiger partial charge in [-0.05, 0) is 48.2 Å². The molecule has 160 valence electrons. The van der Waals surface area contributed by atoms with E-state index >= 15 is 0 Å². The highest BCUT2D eigenvalue weighted by atomic mass is 16.6. The van der Waals surface area contributed by atoms with Gasteiger partial charge in [0.2, 0.25) is 11.8 Å². The number of oxime groups is 1. The highest BCUT2D eigenvalue weighted by Crippen LogP contribution is 2.61. The number of carbonyl (C=O) groups excluding carboxylic acids is 2. The molecule has 1 aromatic carbocycles. The van der Waals surface area contributed by atoms with Crippen molar-refractivity contribution in [1.82, 2.24) is 9.88 Å². The maximum atomic E-state index is 13.3. The van der Waals surface area contributed by atoms with Crippen LogP contribution in [0, 0.1) is 40.9 Å². The second-order valence-electron chi connectivity index (χ2n) is 8.78. The Hall–Kier alpha value is -3.73. The van der Waals surface area contributed by atoms with Crippen molar-refractivity contribution in [2.75, 3.05) is 6.61 Å². The number of pyridine rings is 1. The van der Waals surface area contributed by atoms with Crippen molar-refractivity contribution in [3.8, 4) is 11.8 Å². The lowest BCUT2D eigenvalue weighted by Gasteiger charge is -2.29. The summed E-state index contributed by atoms with van der Waals surface area (Å²) >= 11 is 0. The number of amides is 2. The van der Waals surface area contributed by atoms with Gasteiger partial charge >= 0.3 is 0 Å². The first kappa shape index (κ1) is 19.0. The summed E-state index contributed by atoms with van der Waals surface area (Å²) in [5, 5.41) is 13.0. The highest BCUT2D eigenvalue weighted by Gasteiger charge is 2.70. The summed E-state index contributed by atoms with van der Waals surface area (Å²) in [5.74, 6) is -0.139. The Morgan fingerprint density at radius 1 is 1.09 bits per heavy atom. The molecule has 0 radical (unpaired) electrons. The number of fused-ring (bicyclic) bond motifs is 8. The molecule has 2 saturated carbocycles. The number of carbonyl (C=O) groups is 2. The molecule has 2 bridgehead atoms. The van der Waals surface area contributed by atoms with Gasteiger partial charge in [-0.15, -0.1) is 0 Å². The number of hydrogen-bond acceptors (Lipinski definition) is 7. The number of ether oxygens (including phenoxy) is 1. The van der Waals surface area contributed by atoms with E-state index in [4.69, 9.17) is 14.8 Å². The zero-order valence-corrected chi connectivity index (χ0v) is 17.1. The number of likely N-dealkylation sites (tertiary alicyclic amines) is 1. The lowest BCUT2D eigenvalue weighted by Crippen LogP contribution is -2.41. The Bertz CT molecular complexity index is 1160. The van der Waals surface area contributed by atoms with Crippen LogP contribution >= 0.6 is 0 Å². The van der Waals surface area contributed by atoms with Crippen molar-refractivity contribution in [3.05, 3.63) is 59.9 Å². The molecule has 6 unspecified atom stereocenters. The second-order valence-corrected chi connectivity index (χ2v) is 8.78. The van der Waals surface area contributed by atoms with E-state index in [0.717, 1.165) is 23.3 Å². The molecule has 6 rings (SSSR count). The number of nitrogens with zero attached hydrogens (tertiary/aromatic N) is 4. The van der Waals surface area contributed by atoms with Gasteiger partial charge < -0.3 is 9.57 Å². The topological polar surface area (TPSA) is 105 Å². The minimum Gasteiger partial charge on any atom is -0.479 e. The first-order chi connectivity index (χ1) is 15.7. The Morgan fingerprint density at radius 2 is 1.88 bits per heavy atom. The molecule has 0 N–H and O–H groups in total. The number of benzene rings is 1. The summed E-state index contributed by atoms with van der Waals surface area (Å²) < 4.78 is 5.33. The first-order valence-corrected chi connectivity index (χ1v) is 10.8. The van der Waals surface area contributed by atoms with E-state index in [2.05, 4.69) is 10.1 Å². The SMILES string of the molecule is N#CCOc1ccc(C2=NOC3C4CC(C23)C2C(=O)N(Cc3cccnc3)C(=O)C42)cc1. The molecule has 1 saturated heterocycles. The van der Waals surface area contributed by atoms with Gasteiger partial charge in [-0.2, -0.15) is 5.26 Å². The zero-order valence-electron chi connectivity index (χ0n) is 17.1.